The SMILES string of the molecule is Cc1cc(C)c(C(=O)NCc2ccn[nH]2)c(C)c1. The van der Waals surface area contributed by atoms with Crippen LogP contribution in [0.4, 0.5) is 0 Å². The second-order valence-electron chi connectivity index (χ2n) is 4.54. The monoisotopic (exact) mass is 243 g/mol. The van der Waals surface area contributed by atoms with Crippen LogP contribution in [0.25, 0.3) is 0 Å². The van der Waals surface area contributed by atoms with Gasteiger partial charge in [-0.2, -0.15) is 5.10 Å². The molecule has 1 amide bonds. The zero-order chi connectivity index (χ0) is 13.1. The van der Waals surface area contributed by atoms with Gasteiger partial charge in [-0.15, -0.1) is 0 Å². The van der Waals surface area contributed by atoms with Gasteiger partial charge in [0.05, 0.1) is 12.2 Å². The normalized spacial score (nSPS) is 10.4. The molecule has 4 nitrogen and oxygen atoms in total. The molecule has 2 N–H and O–H groups in total. The van der Waals surface area contributed by atoms with E-state index in [1.807, 2.05) is 39.0 Å². The van der Waals surface area contributed by atoms with E-state index in [1.54, 1.807) is 6.20 Å². The van der Waals surface area contributed by atoms with Gasteiger partial charge in [0.15, 0.2) is 0 Å². The summed E-state index contributed by atoms with van der Waals surface area (Å²) in [5.74, 6) is -0.0420. The molecule has 2 aromatic rings. The minimum absolute atomic E-state index is 0.0420. The van der Waals surface area contributed by atoms with Crippen LogP contribution in [0.5, 0.6) is 0 Å². The number of benzene rings is 1. The van der Waals surface area contributed by atoms with Crippen molar-refractivity contribution in [3.63, 3.8) is 0 Å². The van der Waals surface area contributed by atoms with Crippen molar-refractivity contribution in [3.8, 4) is 0 Å². The predicted octanol–water partition coefficient (Wildman–Crippen LogP) is 2.26. The standard InChI is InChI=1S/C14H17N3O/c1-9-6-10(2)13(11(3)7-9)14(18)15-8-12-4-5-16-17-12/h4-7H,8H2,1-3H3,(H,15,18)(H,16,17). The highest BCUT2D eigenvalue weighted by Gasteiger charge is 2.12. The lowest BCUT2D eigenvalue weighted by Crippen LogP contribution is -2.24. The topological polar surface area (TPSA) is 57.8 Å². The third-order valence-corrected chi connectivity index (χ3v) is 2.90. The van der Waals surface area contributed by atoms with Gasteiger partial charge in [0.1, 0.15) is 0 Å². The van der Waals surface area contributed by atoms with Crippen LogP contribution in [-0.2, 0) is 6.54 Å². The molecule has 0 unspecified atom stereocenters. The third kappa shape index (κ3) is 2.59. The lowest BCUT2D eigenvalue weighted by Gasteiger charge is -2.11. The number of nitrogens with zero attached hydrogens (tertiary/aromatic N) is 1. The van der Waals surface area contributed by atoms with Crippen molar-refractivity contribution in [2.24, 2.45) is 0 Å². The van der Waals surface area contributed by atoms with Gasteiger partial charge < -0.3 is 5.32 Å². The zero-order valence-corrected chi connectivity index (χ0v) is 10.9. The first-order valence-electron chi connectivity index (χ1n) is 5.92. The van der Waals surface area contributed by atoms with Gasteiger partial charge in [0.2, 0.25) is 0 Å². The van der Waals surface area contributed by atoms with Crippen LogP contribution < -0.4 is 5.32 Å². The Kier molecular flexibility index (Phi) is 3.46. The number of aryl methyl sites for hydroxylation is 3. The van der Waals surface area contributed by atoms with Gasteiger partial charge in [0.25, 0.3) is 5.91 Å². The fourth-order valence-electron chi connectivity index (χ4n) is 2.19. The molecular weight excluding hydrogens is 226 g/mol. The second-order valence-corrected chi connectivity index (χ2v) is 4.54. The summed E-state index contributed by atoms with van der Waals surface area (Å²) < 4.78 is 0. The largest absolute Gasteiger partial charge is 0.346 e. The molecule has 0 aliphatic rings. The lowest BCUT2D eigenvalue weighted by molar-refractivity contribution is 0.0949. The molecule has 94 valence electrons. The number of H-pyrrole nitrogens is 1. The first kappa shape index (κ1) is 12.4. The van der Waals surface area contributed by atoms with Crippen molar-refractivity contribution in [2.45, 2.75) is 27.3 Å². The number of carbonyl (C=O) groups excluding carboxylic acids is 1. The average molecular weight is 243 g/mol. The van der Waals surface area contributed by atoms with Gasteiger partial charge in [-0.25, -0.2) is 0 Å². The van der Waals surface area contributed by atoms with E-state index >= 15 is 0 Å². The van der Waals surface area contributed by atoms with Crippen molar-refractivity contribution in [2.75, 3.05) is 0 Å². The average Bonchev–Trinajstić information content (AvgIpc) is 2.77. The predicted molar refractivity (Wildman–Crippen MR) is 70.4 cm³/mol. The molecule has 1 heterocycles. The number of hydrogen-bond donors (Lipinski definition) is 2. The van der Waals surface area contributed by atoms with Crippen LogP contribution >= 0.6 is 0 Å². The van der Waals surface area contributed by atoms with E-state index in [2.05, 4.69) is 15.5 Å². The maximum atomic E-state index is 12.1. The summed E-state index contributed by atoms with van der Waals surface area (Å²) in [5.41, 5.74) is 4.85. The first-order chi connectivity index (χ1) is 8.58. The number of hydrogen-bond acceptors (Lipinski definition) is 2. The molecule has 1 aromatic heterocycles. The summed E-state index contributed by atoms with van der Waals surface area (Å²) >= 11 is 0. The van der Waals surface area contributed by atoms with Gasteiger partial charge in [-0.3, -0.25) is 9.89 Å². The zero-order valence-electron chi connectivity index (χ0n) is 10.9. The molecule has 4 heteroatoms. The fourth-order valence-corrected chi connectivity index (χ4v) is 2.19. The van der Waals surface area contributed by atoms with Crippen molar-refractivity contribution < 1.29 is 4.79 Å². The number of aromatic amines is 1. The van der Waals surface area contributed by atoms with E-state index in [1.165, 1.54) is 5.56 Å². The highest BCUT2D eigenvalue weighted by Crippen LogP contribution is 2.16. The molecule has 2 rings (SSSR count). The summed E-state index contributed by atoms with van der Waals surface area (Å²) in [6.45, 7) is 6.42. The summed E-state index contributed by atoms with van der Waals surface area (Å²) in [6.07, 6.45) is 1.67. The third-order valence-electron chi connectivity index (χ3n) is 2.90. The number of aromatic nitrogens is 2. The lowest BCUT2D eigenvalue weighted by atomic mass is 9.99. The molecule has 0 aliphatic heterocycles. The molecule has 1 aromatic carbocycles. The highest BCUT2D eigenvalue weighted by molar-refractivity contribution is 5.97. The fraction of sp³-hybridized carbons (Fsp3) is 0.286. The molecule has 0 atom stereocenters. The van der Waals surface area contributed by atoms with E-state index in [-0.39, 0.29) is 5.91 Å². The van der Waals surface area contributed by atoms with Gasteiger partial charge in [-0.1, -0.05) is 17.7 Å². The molecule has 18 heavy (non-hydrogen) atoms. The van der Waals surface area contributed by atoms with E-state index < -0.39 is 0 Å². The molecule has 0 saturated heterocycles. The molecule has 0 aliphatic carbocycles. The molecule has 0 spiro atoms. The Hall–Kier alpha value is -2.10. The highest BCUT2D eigenvalue weighted by atomic mass is 16.1. The number of carbonyl (C=O) groups is 1. The Bertz CT molecular complexity index is 535. The summed E-state index contributed by atoms with van der Waals surface area (Å²) in [6, 6.07) is 5.89. The van der Waals surface area contributed by atoms with Crippen LogP contribution in [0.1, 0.15) is 32.7 Å². The van der Waals surface area contributed by atoms with Crippen LogP contribution in [0.3, 0.4) is 0 Å². The molecule has 0 fully saturated rings. The van der Waals surface area contributed by atoms with E-state index in [0.29, 0.717) is 6.54 Å². The van der Waals surface area contributed by atoms with Crippen LogP contribution in [0, 0.1) is 20.8 Å². The molecule has 0 radical (unpaired) electrons. The Morgan fingerprint density at radius 3 is 2.50 bits per heavy atom. The maximum Gasteiger partial charge on any atom is 0.252 e. The Morgan fingerprint density at radius 2 is 1.94 bits per heavy atom. The minimum atomic E-state index is -0.0420. The van der Waals surface area contributed by atoms with Crippen LogP contribution in [0.2, 0.25) is 0 Å². The maximum absolute atomic E-state index is 12.1. The van der Waals surface area contributed by atoms with E-state index in [9.17, 15) is 4.79 Å². The first-order valence-corrected chi connectivity index (χ1v) is 5.92. The van der Waals surface area contributed by atoms with E-state index in [4.69, 9.17) is 0 Å². The van der Waals surface area contributed by atoms with Crippen LogP contribution in [-0.4, -0.2) is 16.1 Å². The number of amides is 1. The van der Waals surface area contributed by atoms with Gasteiger partial charge in [0, 0.05) is 11.8 Å². The van der Waals surface area contributed by atoms with Gasteiger partial charge >= 0.3 is 0 Å². The Morgan fingerprint density at radius 1 is 1.28 bits per heavy atom. The van der Waals surface area contributed by atoms with Crippen molar-refractivity contribution in [3.05, 3.63) is 52.3 Å². The van der Waals surface area contributed by atoms with E-state index in [0.717, 1.165) is 22.4 Å². The van der Waals surface area contributed by atoms with Crippen LogP contribution in [0.15, 0.2) is 24.4 Å². The second kappa shape index (κ2) is 5.04. The molecule has 0 bridgehead atoms. The van der Waals surface area contributed by atoms with Gasteiger partial charge in [-0.05, 0) is 38.0 Å². The minimum Gasteiger partial charge on any atom is -0.346 e. The van der Waals surface area contributed by atoms with Crippen molar-refractivity contribution in [1.29, 1.82) is 0 Å². The number of rotatable bonds is 3. The summed E-state index contributed by atoms with van der Waals surface area (Å²) in [4.78, 5) is 12.1. The van der Waals surface area contributed by atoms with Crippen molar-refractivity contribution in [1.82, 2.24) is 15.5 Å². The van der Waals surface area contributed by atoms with Crippen molar-refractivity contribution >= 4 is 5.91 Å². The molecular formula is C14H17N3O. The Balaban J connectivity index is 2.14. The summed E-state index contributed by atoms with van der Waals surface area (Å²) in [7, 11) is 0. The summed E-state index contributed by atoms with van der Waals surface area (Å²) in [5, 5.41) is 9.55. The Labute approximate surface area is 106 Å². The smallest absolute Gasteiger partial charge is 0.252 e. The quantitative estimate of drug-likeness (QED) is 0.868. The molecule has 0 saturated carbocycles. The number of nitrogens with one attached hydrogen (secondary N) is 2.